The van der Waals surface area contributed by atoms with Gasteiger partial charge in [0.2, 0.25) is 0 Å². The van der Waals surface area contributed by atoms with Crippen LogP contribution in [-0.2, 0) is 28.6 Å². The molecule has 0 aromatic heterocycles. The number of hydrogen-bond acceptors (Lipinski definition) is 7. The van der Waals surface area contributed by atoms with Crippen LogP contribution in [0.15, 0.2) is 0 Å². The van der Waals surface area contributed by atoms with E-state index in [1.165, 1.54) is 44.9 Å². The number of aliphatic hydroxyl groups is 1. The highest BCUT2D eigenvalue weighted by Crippen LogP contribution is 2.17. The molecule has 0 aliphatic heterocycles. The third kappa shape index (κ3) is 21.0. The molecule has 0 amide bonds. The Morgan fingerprint density at radius 2 is 0.865 bits per heavy atom. The standard InChI is InChI=1S/C30H56O7/c1-4-7-10-13-16-19-22-35-27(31)25-26(29(33)36-23-20-17-14-11-8-5-2)28(32)30(34)37-24-21-18-15-12-9-6-3/h26,28,32H,4-25H2,1-3H3. The van der Waals surface area contributed by atoms with Crippen LogP contribution >= 0.6 is 0 Å². The minimum atomic E-state index is -1.75. The molecule has 37 heavy (non-hydrogen) atoms. The van der Waals surface area contributed by atoms with E-state index in [1.54, 1.807) is 0 Å². The van der Waals surface area contributed by atoms with Crippen molar-refractivity contribution in [3.63, 3.8) is 0 Å². The summed E-state index contributed by atoms with van der Waals surface area (Å²) in [4.78, 5) is 37.5. The summed E-state index contributed by atoms with van der Waals surface area (Å²) in [5.74, 6) is -3.58. The lowest BCUT2D eigenvalue weighted by molar-refractivity contribution is -0.170. The van der Waals surface area contributed by atoms with Crippen LogP contribution in [0.4, 0.5) is 0 Å². The molecular formula is C30H56O7. The average Bonchev–Trinajstić information content (AvgIpc) is 2.89. The number of esters is 3. The molecule has 0 heterocycles. The van der Waals surface area contributed by atoms with Gasteiger partial charge in [-0.05, 0) is 19.3 Å². The number of hydrogen-bond donors (Lipinski definition) is 1. The van der Waals surface area contributed by atoms with Crippen molar-refractivity contribution in [3.05, 3.63) is 0 Å². The molecule has 2 unspecified atom stereocenters. The van der Waals surface area contributed by atoms with Crippen molar-refractivity contribution < 1.29 is 33.7 Å². The molecule has 0 aromatic carbocycles. The smallest absolute Gasteiger partial charge is 0.335 e. The molecule has 0 saturated carbocycles. The van der Waals surface area contributed by atoms with E-state index in [2.05, 4.69) is 20.8 Å². The van der Waals surface area contributed by atoms with Crippen molar-refractivity contribution in [2.75, 3.05) is 19.8 Å². The predicted octanol–water partition coefficient (Wildman–Crippen LogP) is 7.06. The topological polar surface area (TPSA) is 99.1 Å². The normalized spacial score (nSPS) is 12.6. The number of carbonyl (C=O) groups excluding carboxylic acids is 3. The largest absolute Gasteiger partial charge is 0.466 e. The summed E-state index contributed by atoms with van der Waals surface area (Å²) in [7, 11) is 0. The van der Waals surface area contributed by atoms with Crippen molar-refractivity contribution in [1.82, 2.24) is 0 Å². The third-order valence-electron chi connectivity index (χ3n) is 6.56. The molecule has 7 heteroatoms. The molecule has 1 N–H and O–H groups in total. The molecule has 0 aliphatic carbocycles. The molecule has 0 spiro atoms. The van der Waals surface area contributed by atoms with Crippen LogP contribution in [0.2, 0.25) is 0 Å². The van der Waals surface area contributed by atoms with Crippen molar-refractivity contribution in [1.29, 1.82) is 0 Å². The van der Waals surface area contributed by atoms with E-state index in [9.17, 15) is 19.5 Å². The van der Waals surface area contributed by atoms with Gasteiger partial charge in [0.1, 0.15) is 5.92 Å². The highest BCUT2D eigenvalue weighted by Gasteiger charge is 2.37. The summed E-state index contributed by atoms with van der Waals surface area (Å²) in [6.07, 6.45) is 16.7. The van der Waals surface area contributed by atoms with Crippen LogP contribution < -0.4 is 0 Å². The van der Waals surface area contributed by atoms with Gasteiger partial charge in [0, 0.05) is 0 Å². The van der Waals surface area contributed by atoms with Gasteiger partial charge in [0.25, 0.3) is 0 Å². The minimum absolute atomic E-state index is 0.185. The van der Waals surface area contributed by atoms with E-state index in [4.69, 9.17) is 14.2 Å². The molecule has 0 bridgehead atoms. The van der Waals surface area contributed by atoms with Crippen molar-refractivity contribution in [3.8, 4) is 0 Å². The van der Waals surface area contributed by atoms with Crippen LogP contribution in [-0.4, -0.2) is 48.9 Å². The van der Waals surface area contributed by atoms with Crippen LogP contribution in [0, 0.1) is 5.92 Å². The van der Waals surface area contributed by atoms with E-state index < -0.39 is 36.4 Å². The lowest BCUT2D eigenvalue weighted by Gasteiger charge is -2.20. The fraction of sp³-hybridized carbons (Fsp3) is 0.900. The van der Waals surface area contributed by atoms with Crippen LogP contribution in [0.25, 0.3) is 0 Å². The van der Waals surface area contributed by atoms with E-state index in [-0.39, 0.29) is 19.8 Å². The zero-order valence-corrected chi connectivity index (χ0v) is 24.1. The molecule has 218 valence electrons. The van der Waals surface area contributed by atoms with Gasteiger partial charge in [-0.1, -0.05) is 117 Å². The summed E-state index contributed by atoms with van der Waals surface area (Å²) in [6.45, 7) is 7.13. The number of ether oxygens (including phenoxy) is 3. The van der Waals surface area contributed by atoms with Gasteiger partial charge in [-0.15, -0.1) is 0 Å². The first-order valence-electron chi connectivity index (χ1n) is 15.1. The lowest BCUT2D eigenvalue weighted by atomic mass is 9.98. The highest BCUT2D eigenvalue weighted by molar-refractivity contribution is 5.87. The Hall–Kier alpha value is -1.63. The van der Waals surface area contributed by atoms with Gasteiger partial charge in [0.05, 0.1) is 26.2 Å². The summed E-state index contributed by atoms with van der Waals surface area (Å²) in [5.41, 5.74) is 0. The second-order valence-corrected chi connectivity index (χ2v) is 10.1. The Kier molecular flexibility index (Phi) is 24.9. The molecule has 0 aromatic rings. The molecule has 0 radical (unpaired) electrons. The molecule has 0 rings (SSSR count). The number of rotatable bonds is 26. The summed E-state index contributed by atoms with van der Waals surface area (Å²) < 4.78 is 15.8. The average molecular weight is 529 g/mol. The molecule has 7 nitrogen and oxygen atoms in total. The van der Waals surface area contributed by atoms with Crippen molar-refractivity contribution in [2.45, 2.75) is 149 Å². The summed E-state index contributed by atoms with van der Waals surface area (Å²) in [5, 5.41) is 10.6. The summed E-state index contributed by atoms with van der Waals surface area (Å²) >= 11 is 0. The van der Waals surface area contributed by atoms with Gasteiger partial charge in [0.15, 0.2) is 6.10 Å². The second-order valence-electron chi connectivity index (χ2n) is 10.1. The predicted molar refractivity (Wildman–Crippen MR) is 147 cm³/mol. The lowest BCUT2D eigenvalue weighted by Crippen LogP contribution is -2.39. The monoisotopic (exact) mass is 528 g/mol. The molecule has 0 aliphatic rings. The van der Waals surface area contributed by atoms with Crippen LogP contribution in [0.3, 0.4) is 0 Å². The van der Waals surface area contributed by atoms with Gasteiger partial charge in [-0.25, -0.2) is 4.79 Å². The van der Waals surface area contributed by atoms with E-state index >= 15 is 0 Å². The minimum Gasteiger partial charge on any atom is -0.466 e. The molecule has 0 saturated heterocycles. The highest BCUT2D eigenvalue weighted by atomic mass is 16.6. The van der Waals surface area contributed by atoms with Gasteiger partial charge in [-0.2, -0.15) is 0 Å². The third-order valence-corrected chi connectivity index (χ3v) is 6.56. The Balaban J connectivity index is 4.63. The molecule has 0 fully saturated rings. The zero-order chi connectivity index (χ0) is 27.6. The Morgan fingerprint density at radius 1 is 0.514 bits per heavy atom. The first kappa shape index (κ1) is 35.4. The first-order valence-corrected chi connectivity index (χ1v) is 15.1. The zero-order valence-electron chi connectivity index (χ0n) is 24.1. The fourth-order valence-electron chi connectivity index (χ4n) is 4.10. The van der Waals surface area contributed by atoms with E-state index in [1.807, 2.05) is 0 Å². The summed E-state index contributed by atoms with van der Waals surface area (Å²) in [6, 6.07) is 0. The number of unbranched alkanes of at least 4 members (excludes halogenated alkanes) is 15. The van der Waals surface area contributed by atoms with Gasteiger partial charge >= 0.3 is 17.9 Å². The van der Waals surface area contributed by atoms with E-state index in [0.717, 1.165) is 57.8 Å². The maximum Gasteiger partial charge on any atom is 0.335 e. The van der Waals surface area contributed by atoms with Gasteiger partial charge in [-0.3, -0.25) is 9.59 Å². The van der Waals surface area contributed by atoms with Gasteiger partial charge < -0.3 is 19.3 Å². The van der Waals surface area contributed by atoms with Crippen molar-refractivity contribution >= 4 is 17.9 Å². The fourth-order valence-corrected chi connectivity index (χ4v) is 4.10. The van der Waals surface area contributed by atoms with Crippen LogP contribution in [0.5, 0.6) is 0 Å². The van der Waals surface area contributed by atoms with E-state index in [0.29, 0.717) is 12.8 Å². The van der Waals surface area contributed by atoms with Crippen LogP contribution in [0.1, 0.15) is 143 Å². The molecular weight excluding hydrogens is 472 g/mol. The second kappa shape index (κ2) is 26.0. The SMILES string of the molecule is CCCCCCCCOC(=O)CC(C(=O)OCCCCCCCC)C(O)C(=O)OCCCCCCCC. The quantitative estimate of drug-likeness (QED) is 0.0728. The maximum atomic E-state index is 12.7. The maximum absolute atomic E-state index is 12.7. The number of carbonyl (C=O) groups is 3. The van der Waals surface area contributed by atoms with Crippen molar-refractivity contribution in [2.24, 2.45) is 5.92 Å². The molecule has 2 atom stereocenters. The Morgan fingerprint density at radius 3 is 1.30 bits per heavy atom. The Bertz CT molecular complexity index is 564. The Labute approximate surface area is 226 Å². The first-order chi connectivity index (χ1) is 18.0. The number of aliphatic hydroxyl groups excluding tert-OH is 1.